The van der Waals surface area contributed by atoms with E-state index in [1.165, 1.54) is 36.0 Å². The number of nitrogens with one attached hydrogen (secondary N) is 2. The highest BCUT2D eigenvalue weighted by atomic mass is 32.2. The summed E-state index contributed by atoms with van der Waals surface area (Å²) in [5, 5.41) is 14.7. The molecule has 50 heavy (non-hydrogen) atoms. The number of hydrogen-bond acceptors (Lipinski definition) is 10. The van der Waals surface area contributed by atoms with E-state index in [0.29, 0.717) is 34.9 Å². The van der Waals surface area contributed by atoms with E-state index >= 15 is 0 Å². The maximum absolute atomic E-state index is 14.2. The van der Waals surface area contributed by atoms with Gasteiger partial charge in [0.25, 0.3) is 10.1 Å². The Morgan fingerprint density at radius 3 is 2.40 bits per heavy atom. The van der Waals surface area contributed by atoms with Crippen molar-refractivity contribution in [2.45, 2.75) is 61.8 Å². The first-order valence-corrected chi connectivity index (χ1v) is 20.9. The quantitative estimate of drug-likeness (QED) is 0.111. The Hall–Kier alpha value is -3.79. The number of hydrogen-bond donors (Lipinski definition) is 4. The molecule has 4 rings (SSSR count). The molecule has 2 atom stereocenters. The van der Waals surface area contributed by atoms with Crippen LogP contribution in [0.5, 0.6) is 11.5 Å². The van der Waals surface area contributed by atoms with Gasteiger partial charge in [0.15, 0.2) is 9.84 Å². The minimum Gasteiger partial charge on any atom is -0.508 e. The lowest BCUT2D eigenvalue weighted by atomic mass is 9.81. The van der Waals surface area contributed by atoms with Gasteiger partial charge in [-0.2, -0.15) is 8.42 Å². The number of benzene rings is 3. The number of para-hydroxylation sites is 1. The topological polar surface area (TPSA) is 179 Å². The van der Waals surface area contributed by atoms with E-state index in [1.807, 2.05) is 49.6 Å². The second-order valence-electron chi connectivity index (χ2n) is 12.4. The number of aromatic hydroxyl groups is 1. The smallest absolute Gasteiger partial charge is 0.266 e. The van der Waals surface area contributed by atoms with Gasteiger partial charge in [-0.15, -0.1) is 11.8 Å². The van der Waals surface area contributed by atoms with Crippen molar-refractivity contribution in [3.8, 4) is 11.5 Å². The molecule has 0 fully saturated rings. The normalized spacial score (nSPS) is 17.6. The zero-order valence-electron chi connectivity index (χ0n) is 28.4. The van der Waals surface area contributed by atoms with Crippen LogP contribution >= 0.6 is 11.8 Å². The lowest BCUT2D eigenvalue weighted by Gasteiger charge is -2.36. The van der Waals surface area contributed by atoms with Crippen LogP contribution in [-0.4, -0.2) is 75.8 Å². The molecule has 1 unspecified atom stereocenters. The highest BCUT2D eigenvalue weighted by Crippen LogP contribution is 2.47. The average Bonchev–Trinajstić information content (AvgIpc) is 3.17. The highest BCUT2D eigenvalue weighted by molar-refractivity contribution is 7.98. The van der Waals surface area contributed by atoms with Crippen molar-refractivity contribution >= 4 is 54.9 Å². The van der Waals surface area contributed by atoms with Gasteiger partial charge in [0.05, 0.1) is 40.0 Å². The summed E-state index contributed by atoms with van der Waals surface area (Å²) >= 11 is 1.39. The molecule has 0 spiro atoms. The summed E-state index contributed by atoms with van der Waals surface area (Å²) in [4.78, 5) is 29.0. The minimum absolute atomic E-state index is 0.00174. The molecule has 12 nitrogen and oxygen atoms in total. The van der Waals surface area contributed by atoms with Gasteiger partial charge in [0.1, 0.15) is 17.5 Å². The molecule has 272 valence electrons. The summed E-state index contributed by atoms with van der Waals surface area (Å²) < 4.78 is 65.6. The molecule has 0 bridgehead atoms. The fraction of sp³-hybridized carbons (Fsp3) is 0.429. The van der Waals surface area contributed by atoms with Gasteiger partial charge in [-0.3, -0.25) is 14.1 Å². The molecule has 15 heteroatoms. The Morgan fingerprint density at radius 2 is 1.78 bits per heavy atom. The average molecular weight is 748 g/mol. The van der Waals surface area contributed by atoms with Gasteiger partial charge in [-0.1, -0.05) is 57.0 Å². The Morgan fingerprint density at radius 1 is 1.08 bits per heavy atom. The lowest BCUT2D eigenvalue weighted by molar-refractivity contribution is -0.129. The van der Waals surface area contributed by atoms with Crippen molar-refractivity contribution in [3.63, 3.8) is 0 Å². The van der Waals surface area contributed by atoms with E-state index < -0.39 is 49.0 Å². The first kappa shape index (κ1) is 39.0. The van der Waals surface area contributed by atoms with Crippen LogP contribution in [0.1, 0.15) is 57.6 Å². The number of unbranched alkanes of at least 4 members (excludes halogenated alkanes) is 1. The van der Waals surface area contributed by atoms with Gasteiger partial charge in [-0.25, -0.2) is 8.42 Å². The van der Waals surface area contributed by atoms with Crippen LogP contribution in [0.15, 0.2) is 76.5 Å². The maximum Gasteiger partial charge on any atom is 0.266 e. The van der Waals surface area contributed by atoms with Crippen molar-refractivity contribution < 1.29 is 40.8 Å². The number of thioether (sulfide) groups is 1. The Bertz CT molecular complexity index is 1860. The molecule has 4 N–H and O–H groups in total. The van der Waals surface area contributed by atoms with Crippen LogP contribution < -0.4 is 20.3 Å². The number of carbonyl (C=O) groups excluding carboxylic acids is 2. The molecule has 1 aliphatic rings. The van der Waals surface area contributed by atoms with Crippen molar-refractivity contribution in [1.82, 2.24) is 10.6 Å². The second kappa shape index (κ2) is 16.9. The van der Waals surface area contributed by atoms with E-state index in [9.17, 15) is 31.5 Å². The minimum atomic E-state index is -4.32. The Labute approximate surface area is 298 Å². The van der Waals surface area contributed by atoms with E-state index in [1.54, 1.807) is 6.07 Å². The van der Waals surface area contributed by atoms with Crippen LogP contribution in [-0.2, 0) is 29.5 Å². The first-order valence-electron chi connectivity index (χ1n) is 16.4. The molecule has 1 aliphatic heterocycles. The summed E-state index contributed by atoms with van der Waals surface area (Å²) in [5.74, 6) is -1.74. The number of anilines is 2. The molecule has 0 aliphatic carbocycles. The predicted molar refractivity (Wildman–Crippen MR) is 195 cm³/mol. The fourth-order valence-corrected chi connectivity index (χ4v) is 9.09. The third-order valence-electron chi connectivity index (χ3n) is 8.78. The van der Waals surface area contributed by atoms with Gasteiger partial charge in [0, 0.05) is 30.3 Å². The van der Waals surface area contributed by atoms with Gasteiger partial charge in [0.2, 0.25) is 11.8 Å². The van der Waals surface area contributed by atoms with E-state index in [4.69, 9.17) is 9.29 Å². The molecular weight excluding hydrogens is 703 g/mol. The highest BCUT2D eigenvalue weighted by Gasteiger charge is 2.42. The number of nitrogens with zero attached hydrogens (tertiary/aromatic N) is 1. The molecule has 0 aromatic heterocycles. The third-order valence-corrected chi connectivity index (χ3v) is 12.2. The second-order valence-corrected chi connectivity index (χ2v) is 16.8. The van der Waals surface area contributed by atoms with Crippen molar-refractivity contribution in [3.05, 3.63) is 72.3 Å². The van der Waals surface area contributed by atoms with Crippen molar-refractivity contribution in [1.29, 1.82) is 0 Å². The van der Waals surface area contributed by atoms with Gasteiger partial charge >= 0.3 is 0 Å². The summed E-state index contributed by atoms with van der Waals surface area (Å²) in [5.41, 5.74) is 1.33. The largest absolute Gasteiger partial charge is 0.508 e. The summed E-state index contributed by atoms with van der Waals surface area (Å²) in [7, 11) is -8.08. The van der Waals surface area contributed by atoms with Crippen LogP contribution in [0.25, 0.3) is 0 Å². The molecule has 2 amide bonds. The molecule has 3 aromatic carbocycles. The predicted octanol–water partition coefficient (Wildman–Crippen LogP) is 5.26. The Balaban J connectivity index is 1.57. The van der Waals surface area contributed by atoms with Crippen molar-refractivity contribution in [2.24, 2.45) is 5.41 Å². The number of amides is 2. The van der Waals surface area contributed by atoms with Crippen LogP contribution in [0, 0.1) is 5.41 Å². The summed E-state index contributed by atoms with van der Waals surface area (Å²) in [6, 6.07) is 17.5. The zero-order chi connectivity index (χ0) is 36.5. The van der Waals surface area contributed by atoms with Crippen LogP contribution in [0.4, 0.5) is 11.4 Å². The number of phenols is 1. The van der Waals surface area contributed by atoms with E-state index in [0.717, 1.165) is 24.9 Å². The van der Waals surface area contributed by atoms with Crippen LogP contribution in [0.3, 0.4) is 0 Å². The van der Waals surface area contributed by atoms with E-state index in [2.05, 4.69) is 22.5 Å². The lowest BCUT2D eigenvalue weighted by Crippen LogP contribution is -2.42. The third kappa shape index (κ3) is 10.1. The molecule has 0 saturated heterocycles. The Kier molecular flexibility index (Phi) is 13.2. The number of phenolic OH excluding ortho intramolecular Hbond substituents is 1. The summed E-state index contributed by atoms with van der Waals surface area (Å²) in [6.45, 7) is 4.17. The maximum atomic E-state index is 14.2. The first-order chi connectivity index (χ1) is 23.7. The zero-order valence-corrected chi connectivity index (χ0v) is 30.9. The SMILES string of the molecule is CCCCC1(CC)CN(c2ccccc2)c2cc(SC)c(OCCC(=O)N[C@@H](C(=O)NCCS(=O)(=O)O)c3ccc(O)cc3)cc2S(=O)(=O)C1. The molecule has 0 radical (unpaired) electrons. The van der Waals surface area contributed by atoms with Crippen molar-refractivity contribution in [2.75, 3.05) is 42.4 Å². The van der Waals surface area contributed by atoms with Gasteiger partial charge < -0.3 is 25.4 Å². The molecular formula is C35H45N3O9S3. The molecule has 3 aromatic rings. The number of rotatable bonds is 16. The number of carbonyl (C=O) groups is 2. The van der Waals surface area contributed by atoms with Crippen LogP contribution in [0.2, 0.25) is 0 Å². The summed E-state index contributed by atoms with van der Waals surface area (Å²) in [6.07, 6.45) is 5.00. The van der Waals surface area contributed by atoms with Gasteiger partial charge in [-0.05, 0) is 55.0 Å². The van der Waals surface area contributed by atoms with E-state index in [-0.39, 0.29) is 36.0 Å². The fourth-order valence-electron chi connectivity index (χ4n) is 6.00. The molecule has 0 saturated carbocycles. The monoisotopic (exact) mass is 747 g/mol. The number of sulfone groups is 1. The standard InChI is InChI=1S/C35H45N3O9S3/c1-4-6-17-35(5-2)23-38(26-10-8-7-9-11-26)28-21-30(48-3)29(22-31(28)49(42,43)24-35)47-19-16-32(40)37-33(25-12-14-27(39)15-13-25)34(41)36-18-20-50(44,45)46/h7-15,21-22,33,39H,4-6,16-20,23-24H2,1-3H3,(H,36,41)(H,37,40)(H,44,45,46)/t33-,35?/m1/s1. The number of ether oxygens (including phenoxy) is 1. The molecule has 1 heterocycles. The number of fused-ring (bicyclic) bond motifs is 1.